The maximum Gasteiger partial charge on any atom is 0.142 e. The molecule has 19 heavy (non-hydrogen) atoms. The lowest BCUT2D eigenvalue weighted by Gasteiger charge is -2.09. The maximum atomic E-state index is 13.4. The minimum atomic E-state index is -0.484. The van der Waals surface area contributed by atoms with Crippen LogP contribution in [0.5, 0.6) is 0 Å². The summed E-state index contributed by atoms with van der Waals surface area (Å²) in [6.07, 6.45) is 1.61. The summed E-state index contributed by atoms with van der Waals surface area (Å²) in [6, 6.07) is 4.57. The first-order valence-corrected chi connectivity index (χ1v) is 7.68. The number of halogens is 4. The minimum absolute atomic E-state index is 0.0431. The van der Waals surface area contributed by atoms with Crippen LogP contribution < -0.4 is 5.73 Å². The van der Waals surface area contributed by atoms with E-state index in [0.717, 1.165) is 9.37 Å². The van der Waals surface area contributed by atoms with Crippen LogP contribution in [0.4, 0.5) is 10.2 Å². The zero-order valence-electron chi connectivity index (χ0n) is 9.46. The third-order valence-corrected chi connectivity index (χ3v) is 4.63. The van der Waals surface area contributed by atoms with E-state index in [4.69, 9.17) is 28.9 Å². The molecule has 0 bridgehead atoms. The Morgan fingerprint density at radius 1 is 1.37 bits per heavy atom. The normalized spacial score (nSPS) is 10.7. The molecule has 0 fully saturated rings. The molecule has 0 aliphatic heterocycles. The van der Waals surface area contributed by atoms with Gasteiger partial charge in [0.25, 0.3) is 0 Å². The van der Waals surface area contributed by atoms with E-state index in [2.05, 4.69) is 20.9 Å². The molecule has 1 aromatic heterocycles. The summed E-state index contributed by atoms with van der Waals surface area (Å²) in [6.45, 7) is 0. The SMILES string of the molecule is Nc1ncc(Br)cc1SCc1c(Cl)ccc(F)c1Cl. The number of benzene rings is 1. The Morgan fingerprint density at radius 2 is 2.11 bits per heavy atom. The van der Waals surface area contributed by atoms with E-state index in [-0.39, 0.29) is 5.02 Å². The summed E-state index contributed by atoms with van der Waals surface area (Å²) < 4.78 is 14.2. The highest BCUT2D eigenvalue weighted by molar-refractivity contribution is 9.10. The molecule has 0 aliphatic rings. The summed E-state index contributed by atoms with van der Waals surface area (Å²) >= 11 is 16.6. The van der Waals surface area contributed by atoms with Crippen molar-refractivity contribution in [3.63, 3.8) is 0 Å². The zero-order valence-corrected chi connectivity index (χ0v) is 13.4. The van der Waals surface area contributed by atoms with E-state index in [9.17, 15) is 4.39 Å². The quantitative estimate of drug-likeness (QED) is 0.589. The highest BCUT2D eigenvalue weighted by Gasteiger charge is 2.12. The van der Waals surface area contributed by atoms with Crippen LogP contribution in [0.25, 0.3) is 0 Å². The van der Waals surface area contributed by atoms with Gasteiger partial charge in [0.2, 0.25) is 0 Å². The lowest BCUT2D eigenvalue weighted by atomic mass is 10.2. The number of anilines is 1. The molecule has 0 spiro atoms. The molecule has 0 unspecified atom stereocenters. The van der Waals surface area contributed by atoms with Crippen molar-refractivity contribution in [2.45, 2.75) is 10.6 Å². The number of nitrogen functional groups attached to an aromatic ring is 1. The average molecular weight is 382 g/mol. The van der Waals surface area contributed by atoms with E-state index >= 15 is 0 Å². The molecule has 2 N–H and O–H groups in total. The predicted octanol–water partition coefficient (Wildman–Crippen LogP) is 5.16. The smallest absolute Gasteiger partial charge is 0.142 e. The fourth-order valence-corrected chi connectivity index (χ4v) is 3.55. The Balaban J connectivity index is 2.24. The second-order valence-electron chi connectivity index (χ2n) is 3.65. The van der Waals surface area contributed by atoms with Gasteiger partial charge >= 0.3 is 0 Å². The predicted molar refractivity (Wildman–Crippen MR) is 82.3 cm³/mol. The van der Waals surface area contributed by atoms with E-state index in [1.807, 2.05) is 6.07 Å². The number of rotatable bonds is 3. The number of aromatic nitrogens is 1. The molecule has 2 rings (SSSR count). The van der Waals surface area contributed by atoms with Crippen molar-refractivity contribution in [2.75, 3.05) is 5.73 Å². The largest absolute Gasteiger partial charge is 0.383 e. The molecule has 1 heterocycles. The summed E-state index contributed by atoms with van der Waals surface area (Å²) in [4.78, 5) is 4.81. The monoisotopic (exact) mass is 380 g/mol. The van der Waals surface area contributed by atoms with Crippen molar-refractivity contribution in [2.24, 2.45) is 0 Å². The standard InChI is InChI=1S/C12H8BrCl2FN2S/c13-6-3-10(12(17)18-4-6)19-5-7-8(14)1-2-9(16)11(7)15/h1-4H,5H2,(H2,17,18). The van der Waals surface area contributed by atoms with Crippen LogP contribution >= 0.6 is 50.9 Å². The van der Waals surface area contributed by atoms with Crippen LogP contribution in [-0.4, -0.2) is 4.98 Å². The van der Waals surface area contributed by atoms with Gasteiger partial charge in [0.05, 0.1) is 9.92 Å². The van der Waals surface area contributed by atoms with E-state index in [1.54, 1.807) is 6.20 Å². The third kappa shape index (κ3) is 3.54. The van der Waals surface area contributed by atoms with Gasteiger partial charge in [-0.1, -0.05) is 23.2 Å². The summed E-state index contributed by atoms with van der Waals surface area (Å²) in [5.41, 5.74) is 6.32. The van der Waals surface area contributed by atoms with E-state index < -0.39 is 5.82 Å². The van der Waals surface area contributed by atoms with Gasteiger partial charge in [0.1, 0.15) is 11.6 Å². The van der Waals surface area contributed by atoms with Crippen molar-refractivity contribution in [3.05, 3.63) is 50.3 Å². The molecule has 0 saturated carbocycles. The van der Waals surface area contributed by atoms with Crippen LogP contribution in [-0.2, 0) is 5.75 Å². The first-order valence-electron chi connectivity index (χ1n) is 5.15. The van der Waals surface area contributed by atoms with E-state index in [1.165, 1.54) is 23.9 Å². The van der Waals surface area contributed by atoms with Gasteiger partial charge in [-0.3, -0.25) is 0 Å². The molecule has 0 radical (unpaired) electrons. The van der Waals surface area contributed by atoms with Crippen LogP contribution in [0.2, 0.25) is 10.0 Å². The second kappa shape index (κ2) is 6.31. The fourth-order valence-electron chi connectivity index (χ4n) is 1.40. The molecule has 0 amide bonds. The molecular weight excluding hydrogens is 374 g/mol. The number of nitrogens with zero attached hydrogens (tertiary/aromatic N) is 1. The van der Waals surface area contributed by atoms with Crippen molar-refractivity contribution >= 4 is 56.7 Å². The van der Waals surface area contributed by atoms with Gasteiger partial charge in [0, 0.05) is 27.0 Å². The fraction of sp³-hybridized carbons (Fsp3) is 0.0833. The molecule has 7 heteroatoms. The number of pyridine rings is 1. The van der Waals surface area contributed by atoms with Crippen molar-refractivity contribution in [3.8, 4) is 0 Å². The van der Waals surface area contributed by atoms with Crippen molar-refractivity contribution < 1.29 is 4.39 Å². The van der Waals surface area contributed by atoms with Crippen LogP contribution in [0.1, 0.15) is 5.56 Å². The molecule has 100 valence electrons. The Labute approximate surface area is 132 Å². The van der Waals surface area contributed by atoms with Crippen molar-refractivity contribution in [1.29, 1.82) is 0 Å². The van der Waals surface area contributed by atoms with Crippen molar-refractivity contribution in [1.82, 2.24) is 4.98 Å². The van der Waals surface area contributed by atoms with Crippen LogP contribution in [0.3, 0.4) is 0 Å². The van der Waals surface area contributed by atoms with Gasteiger partial charge in [0.15, 0.2) is 0 Å². The second-order valence-corrected chi connectivity index (χ2v) is 6.37. The topological polar surface area (TPSA) is 38.9 Å². The molecular formula is C12H8BrCl2FN2S. The Bertz CT molecular complexity index is 625. The van der Waals surface area contributed by atoms with Gasteiger partial charge in [-0.2, -0.15) is 0 Å². The maximum absolute atomic E-state index is 13.4. The Kier molecular flexibility index (Phi) is 4.95. The first kappa shape index (κ1) is 14.9. The molecule has 1 aromatic carbocycles. The van der Waals surface area contributed by atoms with Crippen LogP contribution in [0.15, 0.2) is 33.8 Å². The highest BCUT2D eigenvalue weighted by atomic mass is 79.9. The molecule has 2 aromatic rings. The zero-order chi connectivity index (χ0) is 14.0. The molecule has 0 saturated heterocycles. The molecule has 0 aliphatic carbocycles. The Morgan fingerprint density at radius 3 is 2.84 bits per heavy atom. The number of nitrogens with two attached hydrogens (primary N) is 1. The lowest BCUT2D eigenvalue weighted by Crippen LogP contribution is -1.94. The number of thioether (sulfide) groups is 1. The molecule has 0 atom stereocenters. The highest BCUT2D eigenvalue weighted by Crippen LogP contribution is 2.35. The summed E-state index contributed by atoms with van der Waals surface area (Å²) in [7, 11) is 0. The first-order chi connectivity index (χ1) is 8.99. The van der Waals surface area contributed by atoms with Crippen LogP contribution in [0, 0.1) is 5.82 Å². The lowest BCUT2D eigenvalue weighted by molar-refractivity contribution is 0.627. The summed E-state index contributed by atoms with van der Waals surface area (Å²) in [5, 5.41) is 0.474. The third-order valence-electron chi connectivity index (χ3n) is 2.36. The minimum Gasteiger partial charge on any atom is -0.383 e. The average Bonchev–Trinajstić information content (AvgIpc) is 2.38. The number of hydrogen-bond acceptors (Lipinski definition) is 3. The summed E-state index contributed by atoms with van der Waals surface area (Å²) in [5.74, 6) is 0.344. The molecule has 2 nitrogen and oxygen atoms in total. The number of hydrogen-bond donors (Lipinski definition) is 1. The van der Waals surface area contributed by atoms with Gasteiger partial charge in [-0.05, 0) is 34.1 Å². The van der Waals surface area contributed by atoms with Gasteiger partial charge in [-0.25, -0.2) is 9.37 Å². The Hall–Kier alpha value is -0.490. The van der Waals surface area contributed by atoms with E-state index in [0.29, 0.717) is 22.2 Å². The van der Waals surface area contributed by atoms with Gasteiger partial charge in [-0.15, -0.1) is 11.8 Å². The van der Waals surface area contributed by atoms with Gasteiger partial charge < -0.3 is 5.73 Å².